The van der Waals surface area contributed by atoms with Crippen LogP contribution in [-0.4, -0.2) is 122 Å². The van der Waals surface area contributed by atoms with Crippen molar-refractivity contribution in [3.05, 3.63) is 83.6 Å². The second-order valence-electron chi connectivity index (χ2n) is 22.8. The number of nitrogens with zero attached hydrogens (tertiary/aromatic N) is 1. The number of esters is 1. The van der Waals surface area contributed by atoms with E-state index in [1.165, 1.54) is 24.1 Å². The van der Waals surface area contributed by atoms with E-state index in [9.17, 15) is 48.9 Å². The molecule has 2 bridgehead atoms. The van der Waals surface area contributed by atoms with Crippen LogP contribution in [0.15, 0.2) is 83.6 Å². The van der Waals surface area contributed by atoms with Crippen molar-refractivity contribution in [1.29, 1.82) is 0 Å². The Morgan fingerprint density at radius 2 is 1.73 bits per heavy atom. The Balaban J connectivity index is 1.34. The molecule has 1 spiro atoms. The lowest BCUT2D eigenvalue weighted by Crippen LogP contribution is -2.64. The maximum Gasteiger partial charge on any atom is 0.325 e. The minimum atomic E-state index is -1.43. The lowest BCUT2D eigenvalue weighted by molar-refractivity contribution is -0.179. The molecule has 0 aromatic rings. The van der Waals surface area contributed by atoms with E-state index in [0.29, 0.717) is 37.7 Å². The summed E-state index contributed by atoms with van der Waals surface area (Å²) in [6.07, 6.45) is 19.1. The van der Waals surface area contributed by atoms with Crippen molar-refractivity contribution < 1.29 is 58.4 Å². The minimum Gasteiger partial charge on any atom is -0.456 e. The van der Waals surface area contributed by atoms with Gasteiger partial charge in [-0.15, -0.1) is 0 Å². The fraction of sp³-hybridized carbons (Fsp3) is 0.650. The number of ketones is 2. The number of rotatable bonds is 15. The van der Waals surface area contributed by atoms with E-state index in [1.807, 2.05) is 45.9 Å². The quantitative estimate of drug-likeness (QED) is 0.0545. The van der Waals surface area contributed by atoms with Gasteiger partial charge in [0.25, 0.3) is 5.91 Å². The largest absolute Gasteiger partial charge is 0.456 e. The molecule has 5 rings (SSSR count). The highest BCUT2D eigenvalue weighted by atomic mass is 16.5. The van der Waals surface area contributed by atoms with Gasteiger partial charge in [-0.1, -0.05) is 115 Å². The minimum absolute atomic E-state index is 0.00777. The van der Waals surface area contributed by atoms with Gasteiger partial charge in [0.1, 0.15) is 30.0 Å². The van der Waals surface area contributed by atoms with Gasteiger partial charge in [-0.05, 0) is 101 Å². The third-order valence-electron chi connectivity index (χ3n) is 16.3. The first-order valence-corrected chi connectivity index (χ1v) is 28.1. The van der Waals surface area contributed by atoms with Crippen molar-refractivity contribution in [1.82, 2.24) is 26.4 Å². The Kier molecular flexibility index (Phi) is 23.6. The van der Waals surface area contributed by atoms with Crippen LogP contribution in [-0.2, 0) is 43.0 Å². The monoisotopic (exact) mass is 1070 g/mol. The maximum absolute atomic E-state index is 14.5. The lowest BCUT2D eigenvalue weighted by Gasteiger charge is -2.51. The molecule has 0 aromatic carbocycles. The summed E-state index contributed by atoms with van der Waals surface area (Å²) in [6, 6.07) is -3.33. The van der Waals surface area contributed by atoms with Crippen LogP contribution in [0, 0.1) is 41.4 Å². The highest BCUT2D eigenvalue weighted by Crippen LogP contribution is 2.43. The smallest absolute Gasteiger partial charge is 0.325 e. The number of hydrogen-bond acceptors (Lipinski definition) is 13. The number of carbonyl (C=O) groups excluding carboxylic acids is 7. The molecule has 1 aliphatic carbocycles. The van der Waals surface area contributed by atoms with E-state index in [0.717, 1.165) is 24.0 Å². The summed E-state index contributed by atoms with van der Waals surface area (Å²) in [5, 5.41) is 44.4. The van der Waals surface area contributed by atoms with E-state index < -0.39 is 89.7 Å². The van der Waals surface area contributed by atoms with Gasteiger partial charge in [-0.25, -0.2) is 5.43 Å². The van der Waals surface area contributed by atoms with Gasteiger partial charge in [-0.2, -0.15) is 0 Å². The number of aliphatic hydroxyl groups excluding tert-OH is 3. The predicted octanol–water partition coefficient (Wildman–Crippen LogP) is 6.25. The molecule has 4 amide bonds. The predicted molar refractivity (Wildman–Crippen MR) is 294 cm³/mol. The van der Waals surface area contributed by atoms with Crippen molar-refractivity contribution in [2.75, 3.05) is 6.54 Å². The summed E-state index contributed by atoms with van der Waals surface area (Å²) in [6.45, 7) is 18.7. The molecule has 77 heavy (non-hydrogen) atoms. The molecular weight excluding hydrogens is 983 g/mol. The maximum atomic E-state index is 14.5. The number of ether oxygens (including phenoxy) is 2. The first-order chi connectivity index (χ1) is 36.5. The zero-order valence-electron chi connectivity index (χ0n) is 47.2. The molecule has 0 saturated carbocycles. The van der Waals surface area contributed by atoms with Crippen LogP contribution in [0.3, 0.4) is 0 Å². The zero-order valence-corrected chi connectivity index (χ0v) is 47.2. The zero-order chi connectivity index (χ0) is 56.7. The number of fused-ring (bicyclic) bond motifs is 2. The summed E-state index contributed by atoms with van der Waals surface area (Å²) in [5.41, 5.74) is 4.50. The number of piperidine rings is 1. The fourth-order valence-electron chi connectivity index (χ4n) is 11.0. The Bertz CT molecular complexity index is 2330. The second kappa shape index (κ2) is 29.0. The average molecular weight is 1070 g/mol. The number of hydrazine groups is 1. The van der Waals surface area contributed by atoms with Crippen LogP contribution in [0.1, 0.15) is 146 Å². The van der Waals surface area contributed by atoms with Crippen LogP contribution in [0.25, 0.3) is 0 Å². The molecule has 7 N–H and O–H groups in total. The Hall–Kier alpha value is -5.33. The lowest BCUT2D eigenvalue weighted by atomic mass is 9.75. The van der Waals surface area contributed by atoms with Crippen molar-refractivity contribution in [2.45, 2.75) is 201 Å². The molecule has 17 nitrogen and oxygen atoms in total. The molecule has 4 aliphatic heterocycles. The molecule has 15 atom stereocenters. The molecule has 426 valence electrons. The normalized spacial score (nSPS) is 34.2. The first kappa shape index (κ1) is 62.5. The van der Waals surface area contributed by atoms with Crippen LogP contribution < -0.4 is 21.4 Å². The third-order valence-corrected chi connectivity index (χ3v) is 16.3. The molecule has 2 saturated heterocycles. The number of aliphatic hydroxyl groups is 3. The summed E-state index contributed by atoms with van der Waals surface area (Å²) in [5.74, 6) is -5.45. The van der Waals surface area contributed by atoms with Gasteiger partial charge in [0.15, 0.2) is 11.5 Å². The number of carbonyl (C=O) groups is 7. The molecule has 5 aliphatic rings. The summed E-state index contributed by atoms with van der Waals surface area (Å²) in [7, 11) is 0. The SMILES string of the molecule is CC[C@H]1C[C@H](C)[C@@]2(NC1=O)O[C@@H](C[C@H](O)[C@@H](C)CC/C=C/C=C(\C)[C@@H]1C/C=C/C=C/[C@H](O)[C@H](C)[C@@H](O)[C@@H](CCC(C)=O)C(=O)N[C@@H](C(C)C)C(=O)N[C@@H](CC3=CC=CC(=O)C3)C(=O)N3CCCC(N3)C(=O)O1)[C@H](C)C=C2C. The van der Waals surface area contributed by atoms with Crippen LogP contribution in [0.4, 0.5) is 0 Å². The average Bonchev–Trinajstić information content (AvgIpc) is 3.38. The number of allylic oxidation sites excluding steroid dienone is 8. The fourth-order valence-corrected chi connectivity index (χ4v) is 11.0. The van der Waals surface area contributed by atoms with E-state index in [1.54, 1.807) is 51.2 Å². The van der Waals surface area contributed by atoms with Gasteiger partial charge in [0, 0.05) is 55.9 Å². The summed E-state index contributed by atoms with van der Waals surface area (Å²) >= 11 is 0. The highest BCUT2D eigenvalue weighted by Gasteiger charge is 2.51. The molecule has 0 radical (unpaired) electrons. The Morgan fingerprint density at radius 3 is 2.42 bits per heavy atom. The molecule has 0 aromatic heterocycles. The van der Waals surface area contributed by atoms with E-state index in [4.69, 9.17) is 9.47 Å². The summed E-state index contributed by atoms with van der Waals surface area (Å²) in [4.78, 5) is 94.5. The van der Waals surface area contributed by atoms with Crippen LogP contribution >= 0.6 is 0 Å². The van der Waals surface area contributed by atoms with Gasteiger partial charge in [0.05, 0.1) is 30.3 Å². The van der Waals surface area contributed by atoms with E-state index >= 15 is 0 Å². The van der Waals surface area contributed by atoms with Gasteiger partial charge in [-0.3, -0.25) is 33.8 Å². The molecule has 2 fully saturated rings. The standard InChI is InChI=1S/C60H89N5O12/c1-11-44-31-40(8)60(63-55(44)71)39(7)30-38(6)52(77-60)34-50(69)36(4)20-14-12-15-21-37(5)51-26-17-13-16-25-49(68)42(10)54(70)46(28-27-41(9)66)56(72)62-53(35(2)3)57(73)61-48(33-43-22-18-23-45(67)32-43)58(74)65-29-19-24-47(64-65)59(75)76-51/h12-13,15-18,21-23,25,30,35-36,38,40,42,44,46-54,64,68-70H,11,14,19-20,24,26-29,31-34H2,1-10H3,(H,61,73)(H,62,72)(H,63,71)/b15-12+,17-13+,25-16+,37-21+/t36-,38+,40-,42-,44-,46+,47?,48-,49-,50-,51-,52-,53-,54+,60-/m0/s1. The van der Waals surface area contributed by atoms with Crippen molar-refractivity contribution in [2.24, 2.45) is 41.4 Å². The molecule has 1 unspecified atom stereocenters. The van der Waals surface area contributed by atoms with Gasteiger partial charge >= 0.3 is 5.97 Å². The third kappa shape index (κ3) is 17.1. The molecule has 4 heterocycles. The number of Topliss-reactive ketones (excluding diaryl/α,β-unsaturated/α-hetero) is 1. The Morgan fingerprint density at radius 1 is 0.987 bits per heavy atom. The Labute approximate surface area is 456 Å². The number of cyclic esters (lactones) is 1. The number of hydrogen-bond donors (Lipinski definition) is 7. The molecule has 17 heteroatoms. The van der Waals surface area contributed by atoms with Crippen LogP contribution in [0.2, 0.25) is 0 Å². The number of nitrogens with one attached hydrogen (secondary N) is 4. The number of amides is 4. The van der Waals surface area contributed by atoms with Crippen molar-refractivity contribution in [3.63, 3.8) is 0 Å². The second-order valence-corrected chi connectivity index (χ2v) is 22.8. The first-order valence-electron chi connectivity index (χ1n) is 28.1. The van der Waals surface area contributed by atoms with Crippen molar-refractivity contribution in [3.8, 4) is 0 Å². The van der Waals surface area contributed by atoms with Crippen molar-refractivity contribution >= 4 is 41.2 Å². The van der Waals surface area contributed by atoms with E-state index in [-0.39, 0.29) is 85.9 Å². The summed E-state index contributed by atoms with van der Waals surface area (Å²) < 4.78 is 13.0. The van der Waals surface area contributed by atoms with Gasteiger partial charge < -0.3 is 45.5 Å². The van der Waals surface area contributed by atoms with Gasteiger partial charge in [0.2, 0.25) is 17.7 Å². The van der Waals surface area contributed by atoms with Crippen LogP contribution in [0.5, 0.6) is 0 Å². The highest BCUT2D eigenvalue weighted by molar-refractivity contribution is 5.95. The topological polar surface area (TPSA) is 250 Å². The molecular formula is C60H89N5O12. The van der Waals surface area contributed by atoms with E-state index in [2.05, 4.69) is 41.3 Å².